The van der Waals surface area contributed by atoms with Crippen molar-refractivity contribution in [1.29, 1.82) is 0 Å². The Balaban J connectivity index is 2.82. The first-order valence-electron chi connectivity index (χ1n) is 4.12. The molecule has 1 N–H and O–H groups in total. The number of alkyl halides is 3. The van der Waals surface area contributed by atoms with E-state index in [-0.39, 0.29) is 18.5 Å². The number of hydrogen-bond donors (Lipinski definition) is 1. The maximum Gasteiger partial charge on any atom is 0.449 e. The highest BCUT2D eigenvalue weighted by molar-refractivity contribution is 5.66. The first kappa shape index (κ1) is 11.5. The summed E-state index contributed by atoms with van der Waals surface area (Å²) in [5, 5.41) is 8.35. The average Bonchev–Trinajstić information content (AvgIpc) is 2.42. The molecule has 1 heterocycles. The quantitative estimate of drug-likeness (QED) is 0.842. The number of halogens is 3. The SMILES string of the molecule is Cn1cc(CCC(=O)O)nc1C(F)(F)F. The largest absolute Gasteiger partial charge is 0.481 e. The monoisotopic (exact) mass is 222 g/mol. The van der Waals surface area contributed by atoms with Gasteiger partial charge in [0, 0.05) is 19.7 Å². The summed E-state index contributed by atoms with van der Waals surface area (Å²) in [6.07, 6.45) is -3.55. The summed E-state index contributed by atoms with van der Waals surface area (Å²) in [7, 11) is 1.22. The molecule has 0 bridgehead atoms. The van der Waals surface area contributed by atoms with Gasteiger partial charge in [-0.05, 0) is 0 Å². The Kier molecular flexibility index (Phi) is 3.01. The lowest BCUT2D eigenvalue weighted by atomic mass is 10.2. The van der Waals surface area contributed by atoms with E-state index in [2.05, 4.69) is 4.98 Å². The Morgan fingerprint density at radius 1 is 1.60 bits per heavy atom. The van der Waals surface area contributed by atoms with Gasteiger partial charge in [-0.1, -0.05) is 0 Å². The minimum absolute atomic E-state index is 0.000741. The van der Waals surface area contributed by atoms with Gasteiger partial charge >= 0.3 is 12.1 Å². The summed E-state index contributed by atoms with van der Waals surface area (Å²) in [5.41, 5.74) is 0.132. The number of carbonyl (C=O) groups is 1. The van der Waals surface area contributed by atoms with Crippen LogP contribution in [0.1, 0.15) is 17.9 Å². The van der Waals surface area contributed by atoms with E-state index in [1.807, 2.05) is 0 Å². The Morgan fingerprint density at radius 2 is 2.20 bits per heavy atom. The fraction of sp³-hybridized carbons (Fsp3) is 0.500. The Hall–Kier alpha value is -1.53. The Morgan fingerprint density at radius 3 is 2.60 bits per heavy atom. The third-order valence-corrected chi connectivity index (χ3v) is 1.77. The van der Waals surface area contributed by atoms with Gasteiger partial charge in [-0.3, -0.25) is 4.79 Å². The van der Waals surface area contributed by atoms with Crippen molar-refractivity contribution in [3.63, 3.8) is 0 Å². The summed E-state index contributed by atoms with van der Waals surface area (Å²) in [4.78, 5) is 13.5. The number of aromatic nitrogens is 2. The molecule has 0 aliphatic heterocycles. The molecule has 0 aliphatic carbocycles. The van der Waals surface area contributed by atoms with E-state index >= 15 is 0 Å². The molecule has 84 valence electrons. The maximum absolute atomic E-state index is 12.3. The molecule has 15 heavy (non-hydrogen) atoms. The standard InChI is InChI=1S/C8H9F3N2O2/c1-13-4-5(2-3-6(14)15)12-7(13)8(9,10)11/h4H,2-3H2,1H3,(H,14,15). The number of imidazole rings is 1. The predicted octanol–water partition coefficient (Wildman–Crippen LogP) is 1.46. The van der Waals surface area contributed by atoms with Crippen LogP contribution in [0.4, 0.5) is 13.2 Å². The van der Waals surface area contributed by atoms with Gasteiger partial charge in [0.05, 0.1) is 12.1 Å². The van der Waals surface area contributed by atoms with Gasteiger partial charge in [-0.15, -0.1) is 0 Å². The number of carboxylic acids is 1. The van der Waals surface area contributed by atoms with Gasteiger partial charge < -0.3 is 9.67 Å². The fourth-order valence-electron chi connectivity index (χ4n) is 1.15. The van der Waals surface area contributed by atoms with Gasteiger partial charge in [-0.25, -0.2) is 4.98 Å². The molecule has 0 atom stereocenters. The molecular weight excluding hydrogens is 213 g/mol. The van der Waals surface area contributed by atoms with Gasteiger partial charge in [0.25, 0.3) is 0 Å². The van der Waals surface area contributed by atoms with Crippen molar-refractivity contribution in [2.75, 3.05) is 0 Å². The van der Waals surface area contributed by atoms with Gasteiger partial charge in [0.1, 0.15) is 0 Å². The van der Waals surface area contributed by atoms with Gasteiger partial charge in [-0.2, -0.15) is 13.2 Å². The molecule has 0 amide bonds. The Labute approximate surface area is 83.3 Å². The minimum Gasteiger partial charge on any atom is -0.481 e. The minimum atomic E-state index is -4.50. The molecule has 0 aliphatic rings. The normalized spacial score (nSPS) is 11.7. The number of carboxylic acid groups (broad SMARTS) is 1. The molecule has 0 fully saturated rings. The van der Waals surface area contributed by atoms with E-state index < -0.39 is 18.0 Å². The first-order valence-corrected chi connectivity index (χ1v) is 4.12. The first-order chi connectivity index (χ1) is 6.80. The van der Waals surface area contributed by atoms with E-state index in [9.17, 15) is 18.0 Å². The van der Waals surface area contributed by atoms with E-state index in [0.29, 0.717) is 0 Å². The van der Waals surface area contributed by atoms with E-state index in [0.717, 1.165) is 4.57 Å². The topological polar surface area (TPSA) is 55.1 Å². The lowest BCUT2D eigenvalue weighted by molar-refractivity contribution is -0.146. The van der Waals surface area contributed by atoms with Crippen LogP contribution in [-0.4, -0.2) is 20.6 Å². The zero-order valence-electron chi connectivity index (χ0n) is 7.88. The highest BCUT2D eigenvalue weighted by Crippen LogP contribution is 2.27. The molecule has 1 rings (SSSR count). The van der Waals surface area contributed by atoms with Crippen LogP contribution in [0, 0.1) is 0 Å². The van der Waals surface area contributed by atoms with Crippen LogP contribution >= 0.6 is 0 Å². The molecule has 4 nitrogen and oxygen atoms in total. The summed E-state index contributed by atoms with van der Waals surface area (Å²) >= 11 is 0. The molecule has 1 aromatic rings. The van der Waals surface area contributed by atoms with Crippen molar-refractivity contribution in [3.05, 3.63) is 17.7 Å². The van der Waals surface area contributed by atoms with Gasteiger partial charge in [0.15, 0.2) is 0 Å². The zero-order valence-corrected chi connectivity index (χ0v) is 7.88. The van der Waals surface area contributed by atoms with E-state index in [1.165, 1.54) is 13.2 Å². The van der Waals surface area contributed by atoms with Crippen molar-refractivity contribution < 1.29 is 23.1 Å². The van der Waals surface area contributed by atoms with Crippen molar-refractivity contribution in [2.24, 2.45) is 7.05 Å². The smallest absolute Gasteiger partial charge is 0.449 e. The van der Waals surface area contributed by atoms with Gasteiger partial charge in [0.2, 0.25) is 5.82 Å². The second kappa shape index (κ2) is 3.92. The highest BCUT2D eigenvalue weighted by Gasteiger charge is 2.36. The molecule has 0 radical (unpaired) electrons. The van der Waals surface area contributed by atoms with Crippen LogP contribution < -0.4 is 0 Å². The molecule has 0 saturated heterocycles. The summed E-state index contributed by atoms with van der Waals surface area (Å²) < 4.78 is 37.6. The second-order valence-corrected chi connectivity index (χ2v) is 3.06. The van der Waals surface area contributed by atoms with Crippen LogP contribution in [0.3, 0.4) is 0 Å². The number of rotatable bonds is 3. The van der Waals surface area contributed by atoms with Crippen LogP contribution in [0.2, 0.25) is 0 Å². The number of aryl methyl sites for hydroxylation is 2. The molecule has 7 heteroatoms. The molecule has 0 spiro atoms. The highest BCUT2D eigenvalue weighted by atomic mass is 19.4. The summed E-state index contributed by atoms with van der Waals surface area (Å²) in [6, 6.07) is 0. The molecule has 0 aromatic carbocycles. The summed E-state index contributed by atoms with van der Waals surface area (Å²) in [5.74, 6) is -2.07. The van der Waals surface area contributed by atoms with Crippen LogP contribution in [0.5, 0.6) is 0 Å². The van der Waals surface area contributed by atoms with Crippen molar-refractivity contribution >= 4 is 5.97 Å². The second-order valence-electron chi connectivity index (χ2n) is 3.06. The molecule has 1 aromatic heterocycles. The van der Waals surface area contributed by atoms with E-state index in [4.69, 9.17) is 5.11 Å². The summed E-state index contributed by atoms with van der Waals surface area (Å²) in [6.45, 7) is 0. The number of aliphatic carboxylic acids is 1. The lowest BCUT2D eigenvalue weighted by Crippen LogP contribution is -2.12. The third kappa shape index (κ3) is 2.97. The number of hydrogen-bond acceptors (Lipinski definition) is 2. The average molecular weight is 222 g/mol. The van der Waals surface area contributed by atoms with Crippen LogP contribution in [0.15, 0.2) is 6.20 Å². The Bertz CT molecular complexity index is 370. The van der Waals surface area contributed by atoms with Crippen molar-refractivity contribution in [2.45, 2.75) is 19.0 Å². The zero-order chi connectivity index (χ0) is 11.6. The fourth-order valence-corrected chi connectivity index (χ4v) is 1.15. The molecule has 0 saturated carbocycles. The van der Waals surface area contributed by atoms with Crippen molar-refractivity contribution in [3.8, 4) is 0 Å². The number of nitrogens with zero attached hydrogens (tertiary/aromatic N) is 2. The lowest BCUT2D eigenvalue weighted by Gasteiger charge is -2.04. The molecular formula is C8H9F3N2O2. The predicted molar refractivity (Wildman–Crippen MR) is 44.2 cm³/mol. The van der Waals surface area contributed by atoms with Crippen LogP contribution in [-0.2, 0) is 24.4 Å². The molecule has 0 unspecified atom stereocenters. The maximum atomic E-state index is 12.3. The van der Waals surface area contributed by atoms with E-state index in [1.54, 1.807) is 0 Å². The van der Waals surface area contributed by atoms with Crippen molar-refractivity contribution in [1.82, 2.24) is 9.55 Å². The van der Waals surface area contributed by atoms with Crippen LogP contribution in [0.25, 0.3) is 0 Å². The third-order valence-electron chi connectivity index (χ3n) is 1.77.